The molecule has 1 N–H and O–H groups in total. The van der Waals surface area contributed by atoms with Crippen LogP contribution in [0, 0.1) is 4.77 Å². The first-order valence-corrected chi connectivity index (χ1v) is 12.9. The number of aromatic nitrogens is 2. The summed E-state index contributed by atoms with van der Waals surface area (Å²) in [5.41, 5.74) is 0.355. The van der Waals surface area contributed by atoms with Gasteiger partial charge in [0.2, 0.25) is 5.75 Å². The lowest BCUT2D eigenvalue weighted by Crippen LogP contribution is -2.44. The molecule has 0 bridgehead atoms. The van der Waals surface area contributed by atoms with Gasteiger partial charge in [-0.3, -0.25) is 14.3 Å². The van der Waals surface area contributed by atoms with Gasteiger partial charge in [-0.25, -0.2) is 4.79 Å². The van der Waals surface area contributed by atoms with E-state index in [9.17, 15) is 9.59 Å². The van der Waals surface area contributed by atoms with E-state index in [0.29, 0.717) is 72.5 Å². The standard InChI is InChI=1S/C27H33N3O9S/c1-33-20-12-18-19(13-21(20)34-2)28-27(40)30(25(18)31)15-17(14-29-6-8-38-9-7-29)39-26(32)16-10-22(35-3)24(37-5)23(11-16)36-4/h10-13,17H,6-9,14-15H2,1-5H3,(H,28,40). The lowest BCUT2D eigenvalue weighted by Gasteiger charge is -2.30. The highest BCUT2D eigenvalue weighted by molar-refractivity contribution is 7.71. The molecular weight excluding hydrogens is 542 g/mol. The zero-order valence-corrected chi connectivity index (χ0v) is 23.9. The van der Waals surface area contributed by atoms with Gasteiger partial charge in [-0.05, 0) is 30.4 Å². The first kappa shape index (κ1) is 29.2. The summed E-state index contributed by atoms with van der Waals surface area (Å²) in [6.45, 7) is 2.83. The number of nitrogens with one attached hydrogen (secondary N) is 1. The number of rotatable bonds is 11. The van der Waals surface area contributed by atoms with Crippen LogP contribution in [0.3, 0.4) is 0 Å². The van der Waals surface area contributed by atoms with E-state index in [0.717, 1.165) is 0 Å². The number of carbonyl (C=O) groups excluding carboxylic acids is 1. The third kappa shape index (κ3) is 6.16. The van der Waals surface area contributed by atoms with Gasteiger partial charge < -0.3 is 38.1 Å². The Morgan fingerprint density at radius 1 is 0.900 bits per heavy atom. The maximum atomic E-state index is 13.6. The van der Waals surface area contributed by atoms with E-state index in [1.54, 1.807) is 12.1 Å². The summed E-state index contributed by atoms with van der Waals surface area (Å²) in [6, 6.07) is 6.29. The van der Waals surface area contributed by atoms with Gasteiger partial charge >= 0.3 is 5.97 Å². The average molecular weight is 576 g/mol. The molecule has 0 aliphatic carbocycles. The molecule has 1 fully saturated rings. The Labute approximate surface area is 236 Å². The normalized spacial score (nSPS) is 14.4. The van der Waals surface area contributed by atoms with E-state index >= 15 is 0 Å². The SMILES string of the molecule is COc1cc2[nH]c(=S)n(CC(CN3CCOCC3)OC(=O)c3cc(OC)c(OC)c(OC)c3)c(=O)c2cc1OC. The van der Waals surface area contributed by atoms with Crippen LogP contribution in [0.25, 0.3) is 10.9 Å². The van der Waals surface area contributed by atoms with E-state index in [4.69, 9.17) is 45.4 Å². The van der Waals surface area contributed by atoms with Crippen molar-refractivity contribution >= 4 is 29.1 Å². The number of methoxy groups -OCH3 is 5. The number of hydrogen-bond acceptors (Lipinski definition) is 11. The first-order chi connectivity index (χ1) is 19.3. The molecule has 0 radical (unpaired) electrons. The number of fused-ring (bicyclic) bond motifs is 1. The predicted molar refractivity (Wildman–Crippen MR) is 149 cm³/mol. The van der Waals surface area contributed by atoms with Crippen molar-refractivity contribution in [3.8, 4) is 28.7 Å². The number of carbonyl (C=O) groups is 1. The molecule has 1 aromatic heterocycles. The highest BCUT2D eigenvalue weighted by Gasteiger charge is 2.25. The average Bonchev–Trinajstić information content (AvgIpc) is 2.98. The minimum absolute atomic E-state index is 0.0198. The molecule has 1 atom stereocenters. The third-order valence-electron chi connectivity index (χ3n) is 6.61. The first-order valence-electron chi connectivity index (χ1n) is 12.5. The number of H-pyrrole nitrogens is 1. The number of aromatic amines is 1. The zero-order valence-electron chi connectivity index (χ0n) is 23.1. The minimum atomic E-state index is -0.727. The van der Waals surface area contributed by atoms with Crippen LogP contribution in [0.2, 0.25) is 0 Å². The molecule has 1 unspecified atom stereocenters. The summed E-state index contributed by atoms with van der Waals surface area (Å²) in [5, 5.41) is 0.354. The fourth-order valence-electron chi connectivity index (χ4n) is 4.57. The molecule has 2 aromatic carbocycles. The molecule has 12 nitrogen and oxygen atoms in total. The molecule has 1 saturated heterocycles. The summed E-state index contributed by atoms with van der Waals surface area (Å²) in [7, 11) is 7.41. The van der Waals surface area contributed by atoms with Crippen LogP contribution in [-0.4, -0.2) is 94.9 Å². The van der Waals surface area contributed by atoms with Crippen LogP contribution in [0.15, 0.2) is 29.1 Å². The molecule has 40 heavy (non-hydrogen) atoms. The zero-order chi connectivity index (χ0) is 28.8. The van der Waals surface area contributed by atoms with Crippen LogP contribution in [0.1, 0.15) is 10.4 Å². The van der Waals surface area contributed by atoms with Crippen molar-refractivity contribution in [1.82, 2.24) is 14.5 Å². The van der Waals surface area contributed by atoms with Gasteiger partial charge in [-0.2, -0.15) is 0 Å². The van der Waals surface area contributed by atoms with E-state index in [-0.39, 0.29) is 22.4 Å². The Kier molecular flexibility index (Phi) is 9.50. The lowest BCUT2D eigenvalue weighted by atomic mass is 10.1. The fraction of sp³-hybridized carbons (Fsp3) is 0.444. The van der Waals surface area contributed by atoms with Gasteiger partial charge in [-0.15, -0.1) is 0 Å². The van der Waals surface area contributed by atoms with Crippen molar-refractivity contribution in [3.63, 3.8) is 0 Å². The number of morpholine rings is 1. The lowest BCUT2D eigenvalue weighted by molar-refractivity contribution is -0.00834. The largest absolute Gasteiger partial charge is 0.493 e. The molecule has 1 aliphatic rings. The molecule has 4 rings (SSSR count). The monoisotopic (exact) mass is 575 g/mol. The maximum Gasteiger partial charge on any atom is 0.338 e. The summed E-state index contributed by atoms with van der Waals surface area (Å²) < 4.78 is 39.9. The smallest absolute Gasteiger partial charge is 0.338 e. The molecule has 13 heteroatoms. The summed E-state index contributed by atoms with van der Waals surface area (Å²) in [5.74, 6) is 1.23. The van der Waals surface area contributed by atoms with E-state index in [1.807, 2.05) is 0 Å². The molecule has 0 spiro atoms. The molecule has 3 aromatic rings. The van der Waals surface area contributed by atoms with E-state index < -0.39 is 12.1 Å². The van der Waals surface area contributed by atoms with Crippen LogP contribution >= 0.6 is 12.2 Å². The second-order valence-electron chi connectivity index (χ2n) is 8.95. The Morgan fingerprint density at radius 3 is 2.08 bits per heavy atom. The number of hydrogen-bond donors (Lipinski definition) is 1. The van der Waals surface area contributed by atoms with Crippen LogP contribution in [-0.2, 0) is 16.0 Å². The second kappa shape index (κ2) is 13.0. The predicted octanol–water partition coefficient (Wildman–Crippen LogP) is 2.66. The van der Waals surface area contributed by atoms with Crippen molar-refractivity contribution in [2.24, 2.45) is 0 Å². The van der Waals surface area contributed by atoms with Gasteiger partial charge in [0.1, 0.15) is 6.10 Å². The number of benzene rings is 2. The quantitative estimate of drug-likeness (QED) is 0.268. The molecule has 216 valence electrons. The highest BCUT2D eigenvalue weighted by Crippen LogP contribution is 2.38. The number of ether oxygens (including phenoxy) is 7. The minimum Gasteiger partial charge on any atom is -0.493 e. The van der Waals surface area contributed by atoms with Gasteiger partial charge in [0.05, 0.1) is 71.8 Å². The Morgan fingerprint density at radius 2 is 1.50 bits per heavy atom. The van der Waals surface area contributed by atoms with Crippen LogP contribution in [0.5, 0.6) is 28.7 Å². The molecule has 0 saturated carbocycles. The van der Waals surface area contributed by atoms with Crippen molar-refractivity contribution in [3.05, 3.63) is 45.0 Å². The molecule has 2 heterocycles. The summed E-state index contributed by atoms with van der Waals surface area (Å²) in [6.07, 6.45) is -0.727. The van der Waals surface area contributed by atoms with Crippen molar-refractivity contribution in [1.29, 1.82) is 0 Å². The number of nitrogens with zero attached hydrogens (tertiary/aromatic N) is 2. The number of esters is 1. The van der Waals surface area contributed by atoms with Crippen molar-refractivity contribution < 1.29 is 38.0 Å². The van der Waals surface area contributed by atoms with E-state index in [1.165, 1.54) is 52.2 Å². The Hall–Kier alpha value is -3.81. The summed E-state index contributed by atoms with van der Waals surface area (Å²) >= 11 is 5.55. The van der Waals surface area contributed by atoms with Gasteiger partial charge in [0.25, 0.3) is 5.56 Å². The van der Waals surface area contributed by atoms with Gasteiger partial charge in [0, 0.05) is 25.7 Å². The van der Waals surface area contributed by atoms with Crippen LogP contribution < -0.4 is 29.2 Å². The highest BCUT2D eigenvalue weighted by atomic mass is 32.1. The molecular formula is C27H33N3O9S. The van der Waals surface area contributed by atoms with Gasteiger partial charge in [-0.1, -0.05) is 0 Å². The topological polar surface area (TPSA) is 123 Å². The summed E-state index contributed by atoms with van der Waals surface area (Å²) in [4.78, 5) is 32.2. The van der Waals surface area contributed by atoms with Gasteiger partial charge in [0.15, 0.2) is 27.8 Å². The van der Waals surface area contributed by atoms with Crippen LogP contribution in [0.4, 0.5) is 0 Å². The van der Waals surface area contributed by atoms with E-state index in [2.05, 4.69) is 9.88 Å². The van der Waals surface area contributed by atoms with Crippen molar-refractivity contribution in [2.75, 3.05) is 68.4 Å². The van der Waals surface area contributed by atoms with Crippen molar-refractivity contribution in [2.45, 2.75) is 12.6 Å². The molecule has 0 amide bonds. The Balaban J connectivity index is 1.70. The molecule has 1 aliphatic heterocycles. The third-order valence-corrected chi connectivity index (χ3v) is 6.93. The maximum absolute atomic E-state index is 13.6. The second-order valence-corrected chi connectivity index (χ2v) is 9.34. The fourth-order valence-corrected chi connectivity index (χ4v) is 4.84. The Bertz CT molecular complexity index is 1460.